The van der Waals surface area contributed by atoms with Gasteiger partial charge in [0.1, 0.15) is 11.8 Å². The van der Waals surface area contributed by atoms with Crippen molar-refractivity contribution in [2.24, 2.45) is 0 Å². The van der Waals surface area contributed by atoms with E-state index in [0.717, 1.165) is 9.87 Å². The molecule has 6 nitrogen and oxygen atoms in total. The Hall–Kier alpha value is -2.25. The standard InChI is InChI=1S/C17H20N2O4S/c1-19(24(21,22)13-15-10-6-7-11-18-15)16(17(20)23-2)12-14-8-4-3-5-9-14/h3-11,16H,12-13H2,1-2H3/t16-/m1/s1. The number of pyridine rings is 1. The van der Waals surface area contributed by atoms with Crippen molar-refractivity contribution in [2.75, 3.05) is 14.2 Å². The van der Waals surface area contributed by atoms with E-state index in [1.807, 2.05) is 30.3 Å². The van der Waals surface area contributed by atoms with E-state index in [9.17, 15) is 13.2 Å². The average Bonchev–Trinajstić information content (AvgIpc) is 2.60. The quantitative estimate of drug-likeness (QED) is 0.711. The van der Waals surface area contributed by atoms with Crippen LogP contribution < -0.4 is 0 Å². The van der Waals surface area contributed by atoms with E-state index in [4.69, 9.17) is 4.74 Å². The maximum absolute atomic E-state index is 12.6. The molecule has 1 aromatic heterocycles. The second kappa shape index (κ2) is 8.03. The number of ether oxygens (including phenoxy) is 1. The zero-order valence-electron chi connectivity index (χ0n) is 13.6. The summed E-state index contributed by atoms with van der Waals surface area (Å²) in [5.74, 6) is -0.863. The summed E-state index contributed by atoms with van der Waals surface area (Å²) >= 11 is 0. The molecule has 128 valence electrons. The molecule has 0 unspecified atom stereocenters. The molecule has 0 aliphatic rings. The Bertz CT molecular complexity index is 764. The molecule has 0 aliphatic carbocycles. The first kappa shape index (κ1) is 18.1. The van der Waals surface area contributed by atoms with Crippen LogP contribution in [0.3, 0.4) is 0 Å². The highest BCUT2D eigenvalue weighted by Gasteiger charge is 2.32. The number of rotatable bonds is 7. The molecule has 1 heterocycles. The largest absolute Gasteiger partial charge is 0.468 e. The van der Waals surface area contributed by atoms with Gasteiger partial charge in [0.15, 0.2) is 0 Å². The van der Waals surface area contributed by atoms with Gasteiger partial charge >= 0.3 is 5.97 Å². The van der Waals surface area contributed by atoms with Crippen LogP contribution in [0.2, 0.25) is 0 Å². The lowest BCUT2D eigenvalue weighted by Crippen LogP contribution is -2.44. The molecule has 0 saturated heterocycles. The molecule has 0 saturated carbocycles. The number of methoxy groups -OCH3 is 1. The molecule has 2 rings (SSSR count). The van der Waals surface area contributed by atoms with E-state index in [-0.39, 0.29) is 12.2 Å². The number of sulfonamides is 1. The Kier molecular flexibility index (Phi) is 6.05. The Morgan fingerprint density at radius 3 is 2.42 bits per heavy atom. The molecule has 1 atom stereocenters. The van der Waals surface area contributed by atoms with E-state index < -0.39 is 22.0 Å². The van der Waals surface area contributed by atoms with E-state index >= 15 is 0 Å². The van der Waals surface area contributed by atoms with Crippen LogP contribution in [0.4, 0.5) is 0 Å². The number of carbonyl (C=O) groups excluding carboxylic acids is 1. The van der Waals surface area contributed by atoms with Gasteiger partial charge < -0.3 is 4.74 Å². The van der Waals surface area contributed by atoms with Crippen molar-refractivity contribution < 1.29 is 17.9 Å². The summed E-state index contributed by atoms with van der Waals surface area (Å²) in [5.41, 5.74) is 1.28. The molecule has 0 bridgehead atoms. The van der Waals surface area contributed by atoms with E-state index in [1.54, 1.807) is 18.2 Å². The van der Waals surface area contributed by atoms with Crippen molar-refractivity contribution in [3.63, 3.8) is 0 Å². The molecular formula is C17H20N2O4S. The van der Waals surface area contributed by atoms with Crippen molar-refractivity contribution in [3.05, 3.63) is 66.0 Å². The van der Waals surface area contributed by atoms with Gasteiger partial charge in [-0.1, -0.05) is 36.4 Å². The Morgan fingerprint density at radius 1 is 1.17 bits per heavy atom. The van der Waals surface area contributed by atoms with Crippen LogP contribution in [0.25, 0.3) is 0 Å². The number of hydrogen-bond acceptors (Lipinski definition) is 5. The molecule has 0 spiro atoms. The summed E-state index contributed by atoms with van der Waals surface area (Å²) < 4.78 is 31.1. The monoisotopic (exact) mass is 348 g/mol. The van der Waals surface area contributed by atoms with Crippen molar-refractivity contribution in [1.29, 1.82) is 0 Å². The minimum atomic E-state index is -3.72. The summed E-state index contributed by atoms with van der Waals surface area (Å²) in [6.45, 7) is 0. The predicted molar refractivity (Wildman–Crippen MR) is 90.6 cm³/mol. The SMILES string of the molecule is COC(=O)[C@@H](Cc1ccccc1)N(C)S(=O)(=O)Cc1ccccn1. The van der Waals surface area contributed by atoms with Gasteiger partial charge in [0.25, 0.3) is 0 Å². The third kappa shape index (κ3) is 4.62. The first-order chi connectivity index (χ1) is 11.4. The van der Waals surface area contributed by atoms with Gasteiger partial charge in [-0.05, 0) is 24.1 Å². The zero-order valence-corrected chi connectivity index (χ0v) is 14.4. The molecule has 1 aromatic carbocycles. The van der Waals surface area contributed by atoms with Gasteiger partial charge in [-0.15, -0.1) is 0 Å². The lowest BCUT2D eigenvalue weighted by Gasteiger charge is -2.25. The number of carbonyl (C=O) groups is 1. The van der Waals surface area contributed by atoms with E-state index in [2.05, 4.69) is 4.98 Å². The second-order valence-electron chi connectivity index (χ2n) is 5.32. The highest BCUT2D eigenvalue weighted by atomic mass is 32.2. The van der Waals surface area contributed by atoms with Crippen LogP contribution in [-0.2, 0) is 31.7 Å². The van der Waals surface area contributed by atoms with Crippen LogP contribution in [0.1, 0.15) is 11.3 Å². The number of benzene rings is 1. The number of hydrogen-bond donors (Lipinski definition) is 0. The minimum Gasteiger partial charge on any atom is -0.468 e. The first-order valence-electron chi connectivity index (χ1n) is 7.41. The fourth-order valence-electron chi connectivity index (χ4n) is 2.30. The van der Waals surface area contributed by atoms with Crippen molar-refractivity contribution >= 4 is 16.0 Å². The lowest BCUT2D eigenvalue weighted by molar-refractivity contribution is -0.144. The Balaban J connectivity index is 2.23. The van der Waals surface area contributed by atoms with Gasteiger partial charge in [0.2, 0.25) is 10.0 Å². The highest BCUT2D eigenvalue weighted by molar-refractivity contribution is 7.88. The van der Waals surface area contributed by atoms with Crippen molar-refractivity contribution in [2.45, 2.75) is 18.2 Å². The second-order valence-corrected chi connectivity index (χ2v) is 7.35. The first-order valence-corrected chi connectivity index (χ1v) is 9.02. The maximum atomic E-state index is 12.6. The highest BCUT2D eigenvalue weighted by Crippen LogP contribution is 2.16. The molecule has 0 aliphatic heterocycles. The van der Waals surface area contributed by atoms with Gasteiger partial charge in [-0.2, -0.15) is 4.31 Å². The predicted octanol–water partition coefficient (Wildman–Crippen LogP) is 1.63. The van der Waals surface area contributed by atoms with Crippen LogP contribution in [0.5, 0.6) is 0 Å². The topological polar surface area (TPSA) is 76.6 Å². The number of nitrogens with zero attached hydrogens (tertiary/aromatic N) is 2. The smallest absolute Gasteiger partial charge is 0.324 e. The van der Waals surface area contributed by atoms with Crippen LogP contribution in [-0.4, -0.2) is 43.9 Å². The molecule has 0 radical (unpaired) electrons. The summed E-state index contributed by atoms with van der Waals surface area (Å²) in [6, 6.07) is 13.4. The van der Waals surface area contributed by atoms with Gasteiger partial charge in [0, 0.05) is 13.2 Å². The van der Waals surface area contributed by atoms with Gasteiger partial charge in [-0.3, -0.25) is 9.78 Å². The van der Waals surface area contributed by atoms with Gasteiger partial charge in [0.05, 0.1) is 12.8 Å². The van der Waals surface area contributed by atoms with Crippen molar-refractivity contribution in [1.82, 2.24) is 9.29 Å². The molecule has 0 amide bonds. The molecule has 0 N–H and O–H groups in total. The summed E-state index contributed by atoms with van der Waals surface area (Å²) in [4.78, 5) is 16.1. The number of aromatic nitrogens is 1. The summed E-state index contributed by atoms with van der Waals surface area (Å²) in [6.07, 6.45) is 1.78. The maximum Gasteiger partial charge on any atom is 0.324 e. The normalized spacial score (nSPS) is 12.8. The Labute approximate surface area is 142 Å². The van der Waals surface area contributed by atoms with Crippen LogP contribution in [0, 0.1) is 0 Å². The minimum absolute atomic E-state index is 0.242. The van der Waals surface area contributed by atoms with E-state index in [1.165, 1.54) is 20.4 Å². The Morgan fingerprint density at radius 2 is 1.83 bits per heavy atom. The zero-order chi connectivity index (χ0) is 17.6. The molecule has 2 aromatic rings. The lowest BCUT2D eigenvalue weighted by atomic mass is 10.1. The van der Waals surface area contributed by atoms with E-state index in [0.29, 0.717) is 5.69 Å². The average molecular weight is 348 g/mol. The van der Waals surface area contributed by atoms with Crippen LogP contribution >= 0.6 is 0 Å². The number of likely N-dealkylation sites (N-methyl/N-ethyl adjacent to an activating group) is 1. The number of esters is 1. The molecule has 0 fully saturated rings. The fraction of sp³-hybridized carbons (Fsp3) is 0.294. The molecule has 24 heavy (non-hydrogen) atoms. The fourth-order valence-corrected chi connectivity index (χ4v) is 3.60. The van der Waals surface area contributed by atoms with Crippen LogP contribution in [0.15, 0.2) is 54.7 Å². The molecule has 7 heteroatoms. The summed E-state index contributed by atoms with van der Waals surface area (Å²) in [5, 5.41) is 0. The molecular weight excluding hydrogens is 328 g/mol. The third-order valence-electron chi connectivity index (χ3n) is 3.68. The third-order valence-corrected chi connectivity index (χ3v) is 5.47. The van der Waals surface area contributed by atoms with Crippen molar-refractivity contribution in [3.8, 4) is 0 Å². The summed E-state index contributed by atoms with van der Waals surface area (Å²) in [7, 11) is -1.08. The van der Waals surface area contributed by atoms with Gasteiger partial charge in [-0.25, -0.2) is 8.42 Å².